The molecule has 8 fully saturated rings. The molecule has 2 spiro atoms. The zero-order chi connectivity index (χ0) is 44.6. The normalized spacial score (nSPS) is 35.3. The minimum atomic E-state index is -0.968. The number of nitrogens with one attached hydrogen (secondary N) is 2. The van der Waals surface area contributed by atoms with Crippen molar-refractivity contribution in [3.63, 3.8) is 0 Å². The van der Waals surface area contributed by atoms with Crippen molar-refractivity contribution in [2.24, 2.45) is 21.8 Å². The van der Waals surface area contributed by atoms with Gasteiger partial charge >= 0.3 is 12.1 Å². The quantitative estimate of drug-likeness (QED) is 0.258. The highest BCUT2D eigenvalue weighted by molar-refractivity contribution is 6.20. The smallest absolute Gasteiger partial charge is 0.300 e. The van der Waals surface area contributed by atoms with E-state index in [-0.39, 0.29) is 35.8 Å². The Labute approximate surface area is 376 Å². The van der Waals surface area contributed by atoms with Gasteiger partial charge in [0.1, 0.15) is 46.7 Å². The first-order chi connectivity index (χ1) is 30.9. The molecule has 2 aromatic rings. The van der Waals surface area contributed by atoms with Gasteiger partial charge in [-0.3, -0.25) is 30.4 Å². The second kappa shape index (κ2) is 19.1. The van der Waals surface area contributed by atoms with Crippen LogP contribution in [-0.4, -0.2) is 107 Å². The Kier molecular flexibility index (Phi) is 13.4. The minimum absolute atomic E-state index is 0.255. The molecular formula is C50H68F4N8O2. The van der Waals surface area contributed by atoms with Crippen LogP contribution in [0.25, 0.3) is 0 Å². The van der Waals surface area contributed by atoms with E-state index in [0.717, 1.165) is 63.7 Å². The number of amidine groups is 2. The summed E-state index contributed by atoms with van der Waals surface area (Å²) < 4.78 is 57.5. The lowest BCUT2D eigenvalue weighted by Gasteiger charge is -2.48. The van der Waals surface area contributed by atoms with Crippen LogP contribution in [0.2, 0.25) is 0 Å². The predicted molar refractivity (Wildman–Crippen MR) is 245 cm³/mol. The molecule has 348 valence electrons. The number of amides is 4. The molecule has 8 aliphatic rings. The molecular weight excluding hydrogens is 821 g/mol. The van der Waals surface area contributed by atoms with Crippen LogP contribution in [0.4, 0.5) is 38.5 Å². The number of rotatable bonds is 8. The first-order valence-corrected chi connectivity index (χ1v) is 24.6. The Balaban J connectivity index is 0.000000162. The number of urea groups is 2. The zero-order valence-corrected chi connectivity index (χ0v) is 37.8. The molecule has 4 amide bonds. The van der Waals surface area contributed by atoms with Gasteiger partial charge in [0.05, 0.1) is 12.1 Å². The Morgan fingerprint density at radius 2 is 1.00 bits per heavy atom. The first-order valence-electron chi connectivity index (χ1n) is 24.6. The monoisotopic (exact) mass is 889 g/mol. The lowest BCUT2D eigenvalue weighted by atomic mass is 9.79. The SMILES string of the molecule is C[C@H]1C[C@]2(CCN1CC1CCC1)C(=N[C@@H]1CCCC[C@H]1F)NC(=O)N2c1cccc(F)c1.C[C@H]1C[C@]2(CCN1CC1CCC1)C(=N[C@H]1CCCC[C@@H]1F)NC(=O)N2c1cccc(F)c1. The number of aliphatic imine (C=N–C) groups is 2. The van der Waals surface area contributed by atoms with E-state index in [2.05, 4.69) is 34.3 Å². The molecule has 8 atom stereocenters. The van der Waals surface area contributed by atoms with E-state index < -0.39 is 35.5 Å². The van der Waals surface area contributed by atoms with Crippen LogP contribution in [-0.2, 0) is 0 Å². The molecule has 4 aliphatic heterocycles. The fraction of sp³-hybridized carbons (Fsp3) is 0.680. The van der Waals surface area contributed by atoms with Gasteiger partial charge in [-0.05, 0) is 139 Å². The van der Waals surface area contributed by atoms with Crippen molar-refractivity contribution >= 4 is 35.1 Å². The largest absolute Gasteiger partial charge is 0.328 e. The summed E-state index contributed by atoms with van der Waals surface area (Å²) in [5.41, 5.74) is -0.296. The number of carbonyl (C=O) groups excluding carboxylic acids is 2. The maximum absolute atomic E-state index is 14.7. The highest BCUT2D eigenvalue weighted by atomic mass is 19.1. The number of hydrogen-bond acceptors (Lipinski definition) is 6. The van der Waals surface area contributed by atoms with Crippen molar-refractivity contribution in [1.29, 1.82) is 0 Å². The summed E-state index contributed by atoms with van der Waals surface area (Å²) in [6, 6.07) is 11.5. The molecule has 0 unspecified atom stereocenters. The van der Waals surface area contributed by atoms with Gasteiger partial charge in [-0.25, -0.2) is 27.2 Å². The number of nitrogens with zero attached hydrogens (tertiary/aromatic N) is 6. The molecule has 4 heterocycles. The second-order valence-corrected chi connectivity index (χ2v) is 20.4. The van der Waals surface area contributed by atoms with E-state index in [0.29, 0.717) is 74.4 Å². The number of carbonyl (C=O) groups is 2. The lowest BCUT2D eigenvalue weighted by Crippen LogP contribution is -2.60. The first kappa shape index (κ1) is 45.1. The van der Waals surface area contributed by atoms with Crippen molar-refractivity contribution in [3.05, 3.63) is 60.2 Å². The molecule has 14 heteroatoms. The van der Waals surface area contributed by atoms with Gasteiger partial charge in [0.25, 0.3) is 0 Å². The van der Waals surface area contributed by atoms with Crippen molar-refractivity contribution in [2.75, 3.05) is 36.0 Å². The Hall–Kier alpha value is -4.04. The summed E-state index contributed by atoms with van der Waals surface area (Å²) >= 11 is 0. The van der Waals surface area contributed by atoms with Crippen LogP contribution < -0.4 is 20.4 Å². The summed E-state index contributed by atoms with van der Waals surface area (Å²) in [5, 5.41) is 5.96. The van der Waals surface area contributed by atoms with Gasteiger partial charge in [-0.15, -0.1) is 0 Å². The third-order valence-corrected chi connectivity index (χ3v) is 16.2. The molecule has 0 aromatic heterocycles. The van der Waals surface area contributed by atoms with E-state index in [4.69, 9.17) is 9.98 Å². The molecule has 0 radical (unpaired) electrons. The molecule has 10 nitrogen and oxygen atoms in total. The van der Waals surface area contributed by atoms with E-state index in [1.165, 1.54) is 62.8 Å². The molecule has 4 saturated heterocycles. The van der Waals surface area contributed by atoms with Gasteiger partial charge < -0.3 is 9.80 Å². The lowest BCUT2D eigenvalue weighted by molar-refractivity contribution is 0.0905. The highest BCUT2D eigenvalue weighted by Crippen LogP contribution is 2.44. The minimum Gasteiger partial charge on any atom is -0.300 e. The fourth-order valence-corrected chi connectivity index (χ4v) is 12.1. The number of anilines is 2. The average Bonchev–Trinajstić information content (AvgIpc) is 3.64. The van der Waals surface area contributed by atoms with Gasteiger partial charge in [0, 0.05) is 49.6 Å². The van der Waals surface area contributed by atoms with Gasteiger partial charge in [-0.2, -0.15) is 0 Å². The molecule has 4 aliphatic carbocycles. The molecule has 0 bridgehead atoms. The van der Waals surface area contributed by atoms with Crippen molar-refractivity contribution < 1.29 is 27.2 Å². The van der Waals surface area contributed by atoms with Crippen LogP contribution in [0.15, 0.2) is 58.5 Å². The molecule has 2 N–H and O–H groups in total. The number of piperidine rings is 2. The topological polar surface area (TPSA) is 95.9 Å². The number of alkyl halides is 2. The summed E-state index contributed by atoms with van der Waals surface area (Å²) in [6.07, 6.45) is 14.9. The van der Waals surface area contributed by atoms with Crippen molar-refractivity contribution in [2.45, 2.75) is 177 Å². The summed E-state index contributed by atoms with van der Waals surface area (Å²) in [7, 11) is 0. The molecule has 2 aromatic carbocycles. The van der Waals surface area contributed by atoms with Crippen LogP contribution >= 0.6 is 0 Å². The Morgan fingerprint density at radius 1 is 0.594 bits per heavy atom. The van der Waals surface area contributed by atoms with Gasteiger partial charge in [0.15, 0.2) is 0 Å². The average molecular weight is 889 g/mol. The van der Waals surface area contributed by atoms with Crippen LogP contribution in [0.1, 0.15) is 129 Å². The van der Waals surface area contributed by atoms with Gasteiger partial charge in [0.2, 0.25) is 0 Å². The maximum atomic E-state index is 14.7. The summed E-state index contributed by atoms with van der Waals surface area (Å²) in [5.74, 6) is 1.96. The van der Waals surface area contributed by atoms with E-state index in [1.807, 2.05) is 0 Å². The summed E-state index contributed by atoms with van der Waals surface area (Å²) in [6.45, 7) is 8.31. The number of halogens is 4. The number of hydrogen-bond donors (Lipinski definition) is 2. The fourth-order valence-electron chi connectivity index (χ4n) is 12.1. The standard InChI is InChI=1S/2C25H34F2N4O/c2*1-17-15-25(12-13-30(17)16-18-6-4-7-18)23(28-22-11-3-2-10-21(22)27)29-24(32)31(25)20-9-5-8-19(26)14-20/h2*5,8-9,14,17-18,21-22H,2-4,6-7,10-13,15-16H2,1H3,(H,28,29,32)/t17-,21+,22+,25+;17-,21-,22-,25+/m00/s1. The second-order valence-electron chi connectivity index (χ2n) is 20.4. The highest BCUT2D eigenvalue weighted by Gasteiger charge is 2.57. The Morgan fingerprint density at radius 3 is 1.34 bits per heavy atom. The molecule has 4 saturated carbocycles. The summed E-state index contributed by atoms with van der Waals surface area (Å²) in [4.78, 5) is 44.6. The number of benzene rings is 2. The third-order valence-electron chi connectivity index (χ3n) is 16.2. The molecule has 64 heavy (non-hydrogen) atoms. The third kappa shape index (κ3) is 9.07. The Bertz CT molecular complexity index is 1920. The van der Waals surface area contributed by atoms with Crippen LogP contribution in [0.3, 0.4) is 0 Å². The van der Waals surface area contributed by atoms with Crippen molar-refractivity contribution in [1.82, 2.24) is 20.4 Å². The zero-order valence-electron chi connectivity index (χ0n) is 37.8. The van der Waals surface area contributed by atoms with Crippen LogP contribution in [0.5, 0.6) is 0 Å². The van der Waals surface area contributed by atoms with Crippen LogP contribution in [0, 0.1) is 23.5 Å². The van der Waals surface area contributed by atoms with E-state index in [1.54, 1.807) is 34.1 Å². The number of likely N-dealkylation sites (tertiary alicyclic amines) is 2. The van der Waals surface area contributed by atoms with E-state index >= 15 is 0 Å². The maximum Gasteiger partial charge on any atom is 0.328 e. The predicted octanol–water partition coefficient (Wildman–Crippen LogP) is 10.1. The van der Waals surface area contributed by atoms with Gasteiger partial charge in [-0.1, -0.05) is 50.7 Å². The van der Waals surface area contributed by atoms with Crippen molar-refractivity contribution in [3.8, 4) is 0 Å². The van der Waals surface area contributed by atoms with E-state index in [9.17, 15) is 27.2 Å². The molecule has 10 rings (SSSR count).